The van der Waals surface area contributed by atoms with Gasteiger partial charge >= 0.3 is 6.03 Å². The zero-order valence-electron chi connectivity index (χ0n) is 15.9. The molecule has 4 rings (SSSR count). The molecule has 1 saturated heterocycles. The van der Waals surface area contributed by atoms with Gasteiger partial charge in [-0.1, -0.05) is 19.8 Å². The number of nitrogens with zero attached hydrogens (tertiary/aromatic N) is 3. The number of carbonyl (C=O) groups is 1. The molecule has 28 heavy (non-hydrogen) atoms. The topological polar surface area (TPSA) is 84.4 Å². The Morgan fingerprint density at radius 2 is 2.04 bits per heavy atom. The number of hydrogen-bond acceptors (Lipinski definition) is 5. The van der Waals surface area contributed by atoms with Gasteiger partial charge in [-0.05, 0) is 49.2 Å². The van der Waals surface area contributed by atoms with Crippen molar-refractivity contribution in [2.45, 2.75) is 45.1 Å². The molecular formula is C21H24N4O3. The van der Waals surface area contributed by atoms with E-state index in [1.807, 2.05) is 48.2 Å². The normalized spacial score (nSPS) is 17.3. The van der Waals surface area contributed by atoms with E-state index in [9.17, 15) is 4.79 Å². The maximum atomic E-state index is 13.0. The van der Waals surface area contributed by atoms with Gasteiger partial charge in [-0.3, -0.25) is 0 Å². The molecule has 1 aliphatic rings. The Hall–Kier alpha value is -3.09. The van der Waals surface area contributed by atoms with Crippen LogP contribution in [0.15, 0.2) is 51.5 Å². The monoisotopic (exact) mass is 380 g/mol. The zero-order chi connectivity index (χ0) is 19.3. The summed E-state index contributed by atoms with van der Waals surface area (Å²) in [5.74, 6) is 1.94. The molecule has 2 amide bonds. The molecule has 3 aromatic rings. The molecule has 3 heterocycles. The van der Waals surface area contributed by atoms with Gasteiger partial charge in [-0.25, -0.2) is 4.79 Å². The lowest BCUT2D eigenvalue weighted by Gasteiger charge is -2.28. The largest absolute Gasteiger partial charge is 0.467 e. The number of anilines is 1. The lowest BCUT2D eigenvalue weighted by Crippen LogP contribution is -2.37. The number of aryl methyl sites for hydroxylation is 1. The molecule has 1 aromatic carbocycles. The Kier molecular flexibility index (Phi) is 5.41. The van der Waals surface area contributed by atoms with Gasteiger partial charge in [0.25, 0.3) is 0 Å². The highest BCUT2D eigenvalue weighted by molar-refractivity contribution is 5.89. The SMILES string of the molecule is CCc1nnc(-c2ccc(NC(=O)N3CCCCC[C@@H]3c3ccco3)cc2)o1. The quantitative estimate of drug-likeness (QED) is 0.685. The molecule has 1 fully saturated rings. The number of rotatable bonds is 4. The molecule has 7 nitrogen and oxygen atoms in total. The summed E-state index contributed by atoms with van der Waals surface area (Å²) in [6, 6.07) is 11.1. The first-order valence-electron chi connectivity index (χ1n) is 9.78. The van der Waals surface area contributed by atoms with Crippen LogP contribution in [0.1, 0.15) is 50.3 Å². The van der Waals surface area contributed by atoms with Crippen LogP contribution in [0.4, 0.5) is 10.5 Å². The molecule has 1 aliphatic heterocycles. The maximum Gasteiger partial charge on any atom is 0.322 e. The summed E-state index contributed by atoms with van der Waals surface area (Å²) in [5.41, 5.74) is 1.56. The van der Waals surface area contributed by atoms with Crippen molar-refractivity contribution in [1.29, 1.82) is 0 Å². The number of carbonyl (C=O) groups excluding carboxylic acids is 1. The first kappa shape index (κ1) is 18.3. The van der Waals surface area contributed by atoms with Crippen LogP contribution in [0.25, 0.3) is 11.5 Å². The fraction of sp³-hybridized carbons (Fsp3) is 0.381. The van der Waals surface area contributed by atoms with E-state index in [1.54, 1.807) is 6.26 Å². The number of urea groups is 1. The van der Waals surface area contributed by atoms with Crippen LogP contribution in [0.5, 0.6) is 0 Å². The zero-order valence-corrected chi connectivity index (χ0v) is 15.9. The summed E-state index contributed by atoms with van der Waals surface area (Å²) >= 11 is 0. The molecule has 1 N–H and O–H groups in total. The Bertz CT molecular complexity index is 902. The number of amides is 2. The summed E-state index contributed by atoms with van der Waals surface area (Å²) in [7, 11) is 0. The summed E-state index contributed by atoms with van der Waals surface area (Å²) in [6.45, 7) is 2.69. The second kappa shape index (κ2) is 8.29. The van der Waals surface area contributed by atoms with Crippen molar-refractivity contribution in [3.05, 3.63) is 54.3 Å². The molecule has 0 radical (unpaired) electrons. The van der Waals surface area contributed by atoms with Crippen LogP contribution in [0, 0.1) is 0 Å². The standard InChI is InChI=1S/C21H24N4O3/c1-2-19-23-24-20(28-19)15-9-11-16(12-10-15)22-21(26)25-13-5-3-4-7-17(25)18-8-6-14-27-18/h6,8-12,14,17H,2-5,7,13H2,1H3,(H,22,26)/t17-/m1/s1. The Morgan fingerprint density at radius 3 is 2.75 bits per heavy atom. The lowest BCUT2D eigenvalue weighted by atomic mass is 10.1. The van der Waals surface area contributed by atoms with Gasteiger partial charge in [0, 0.05) is 24.2 Å². The van der Waals surface area contributed by atoms with Crippen molar-refractivity contribution in [2.24, 2.45) is 0 Å². The van der Waals surface area contributed by atoms with E-state index in [1.165, 1.54) is 0 Å². The van der Waals surface area contributed by atoms with Crippen molar-refractivity contribution >= 4 is 11.7 Å². The van der Waals surface area contributed by atoms with Crippen molar-refractivity contribution in [3.8, 4) is 11.5 Å². The molecule has 0 spiro atoms. The van der Waals surface area contributed by atoms with Gasteiger partial charge in [0.05, 0.1) is 12.3 Å². The Balaban J connectivity index is 1.47. The van der Waals surface area contributed by atoms with E-state index in [0.717, 1.165) is 49.2 Å². The van der Waals surface area contributed by atoms with Gasteiger partial charge < -0.3 is 19.1 Å². The third-order valence-corrected chi connectivity index (χ3v) is 5.04. The van der Waals surface area contributed by atoms with Gasteiger partial charge in [0.15, 0.2) is 0 Å². The molecule has 7 heteroatoms. The number of hydrogen-bond donors (Lipinski definition) is 1. The molecule has 0 aliphatic carbocycles. The van der Waals surface area contributed by atoms with E-state index in [2.05, 4.69) is 15.5 Å². The number of furan rings is 1. The molecule has 146 valence electrons. The highest BCUT2D eigenvalue weighted by Gasteiger charge is 2.28. The van der Waals surface area contributed by atoms with Gasteiger partial charge in [0.1, 0.15) is 5.76 Å². The fourth-order valence-electron chi connectivity index (χ4n) is 3.53. The van der Waals surface area contributed by atoms with Gasteiger partial charge in [-0.2, -0.15) is 0 Å². The number of benzene rings is 1. The van der Waals surface area contributed by atoms with Crippen molar-refractivity contribution < 1.29 is 13.6 Å². The predicted molar refractivity (Wildman–Crippen MR) is 105 cm³/mol. The minimum Gasteiger partial charge on any atom is -0.467 e. The molecule has 0 bridgehead atoms. The Labute approximate surface area is 163 Å². The van der Waals surface area contributed by atoms with Crippen molar-refractivity contribution in [1.82, 2.24) is 15.1 Å². The van der Waals surface area contributed by atoms with E-state index in [-0.39, 0.29) is 12.1 Å². The lowest BCUT2D eigenvalue weighted by molar-refractivity contribution is 0.179. The average Bonchev–Trinajstić information content (AvgIpc) is 3.36. The van der Waals surface area contributed by atoms with Crippen LogP contribution >= 0.6 is 0 Å². The van der Waals surface area contributed by atoms with E-state index >= 15 is 0 Å². The minimum atomic E-state index is -0.109. The summed E-state index contributed by atoms with van der Waals surface area (Å²) < 4.78 is 11.2. The second-order valence-corrected chi connectivity index (χ2v) is 6.94. The minimum absolute atomic E-state index is 0.0253. The van der Waals surface area contributed by atoms with Gasteiger partial charge in [0.2, 0.25) is 11.8 Å². The highest BCUT2D eigenvalue weighted by atomic mass is 16.4. The number of nitrogens with one attached hydrogen (secondary N) is 1. The summed E-state index contributed by atoms with van der Waals surface area (Å²) in [4.78, 5) is 14.8. The van der Waals surface area contributed by atoms with E-state index < -0.39 is 0 Å². The van der Waals surface area contributed by atoms with Crippen LogP contribution in [-0.2, 0) is 6.42 Å². The summed E-state index contributed by atoms with van der Waals surface area (Å²) in [5, 5.41) is 11.0. The predicted octanol–water partition coefficient (Wildman–Crippen LogP) is 5.04. The second-order valence-electron chi connectivity index (χ2n) is 6.94. The van der Waals surface area contributed by atoms with Crippen molar-refractivity contribution in [3.63, 3.8) is 0 Å². The van der Waals surface area contributed by atoms with Crippen LogP contribution < -0.4 is 5.32 Å². The van der Waals surface area contributed by atoms with Gasteiger partial charge in [-0.15, -0.1) is 10.2 Å². The van der Waals surface area contributed by atoms with Crippen LogP contribution in [0.2, 0.25) is 0 Å². The maximum absolute atomic E-state index is 13.0. The third kappa shape index (κ3) is 3.93. The molecule has 0 saturated carbocycles. The highest BCUT2D eigenvalue weighted by Crippen LogP contribution is 2.31. The fourth-order valence-corrected chi connectivity index (χ4v) is 3.53. The molecule has 2 aromatic heterocycles. The van der Waals surface area contributed by atoms with Crippen LogP contribution in [0.3, 0.4) is 0 Å². The number of likely N-dealkylation sites (tertiary alicyclic amines) is 1. The summed E-state index contributed by atoms with van der Waals surface area (Å²) in [6.07, 6.45) is 6.50. The first-order chi connectivity index (χ1) is 13.7. The average molecular weight is 380 g/mol. The molecule has 0 unspecified atom stereocenters. The Morgan fingerprint density at radius 1 is 1.18 bits per heavy atom. The molecule has 1 atom stereocenters. The van der Waals surface area contributed by atoms with Crippen molar-refractivity contribution in [2.75, 3.05) is 11.9 Å². The smallest absolute Gasteiger partial charge is 0.322 e. The first-order valence-corrected chi connectivity index (χ1v) is 9.78. The van der Waals surface area contributed by atoms with E-state index in [4.69, 9.17) is 8.83 Å². The van der Waals surface area contributed by atoms with Crippen LogP contribution in [-0.4, -0.2) is 27.7 Å². The third-order valence-electron chi connectivity index (χ3n) is 5.04. The molecular weight excluding hydrogens is 356 g/mol. The number of aromatic nitrogens is 2. The van der Waals surface area contributed by atoms with E-state index in [0.29, 0.717) is 18.2 Å².